The van der Waals surface area contributed by atoms with Gasteiger partial charge in [0.15, 0.2) is 0 Å². The van der Waals surface area contributed by atoms with Crippen LogP contribution < -0.4 is 14.8 Å². The highest BCUT2D eigenvalue weighted by atomic mass is 16.5. The smallest absolute Gasteiger partial charge is 0.321 e. The topological polar surface area (TPSA) is 50.8 Å². The Hall–Kier alpha value is -2.69. The predicted octanol–water partition coefficient (Wildman–Crippen LogP) is 4.02. The van der Waals surface area contributed by atoms with Crippen LogP contribution in [0.1, 0.15) is 13.8 Å². The highest BCUT2D eigenvalue weighted by molar-refractivity contribution is 5.90. The van der Waals surface area contributed by atoms with Crippen molar-refractivity contribution in [3.8, 4) is 11.5 Å². The lowest BCUT2D eigenvalue weighted by Crippen LogP contribution is -2.34. The summed E-state index contributed by atoms with van der Waals surface area (Å²) < 4.78 is 11.3. The van der Waals surface area contributed by atoms with E-state index >= 15 is 0 Å². The molecule has 2 aromatic rings. The van der Waals surface area contributed by atoms with E-state index in [0.717, 1.165) is 5.75 Å². The fourth-order valence-corrected chi connectivity index (χ4v) is 2.06. The van der Waals surface area contributed by atoms with Gasteiger partial charge in [-0.3, -0.25) is 0 Å². The lowest BCUT2D eigenvalue weighted by atomic mass is 10.3. The molecule has 0 fully saturated rings. The van der Waals surface area contributed by atoms with Gasteiger partial charge in [0.1, 0.15) is 18.1 Å². The summed E-state index contributed by atoms with van der Waals surface area (Å²) in [6.45, 7) is 4.81. The number of rotatable bonds is 7. The monoisotopic (exact) mass is 328 g/mol. The van der Waals surface area contributed by atoms with Gasteiger partial charge in [0.2, 0.25) is 0 Å². The largest absolute Gasteiger partial charge is 0.492 e. The van der Waals surface area contributed by atoms with Gasteiger partial charge in [0, 0.05) is 7.05 Å². The first kappa shape index (κ1) is 17.7. The average molecular weight is 328 g/mol. The van der Waals surface area contributed by atoms with Crippen molar-refractivity contribution in [2.45, 2.75) is 20.0 Å². The Kier molecular flexibility index (Phi) is 6.49. The zero-order valence-electron chi connectivity index (χ0n) is 14.4. The summed E-state index contributed by atoms with van der Waals surface area (Å²) in [5.74, 6) is 1.46. The zero-order valence-corrected chi connectivity index (χ0v) is 14.4. The molecular formula is C19H24N2O3. The lowest BCUT2D eigenvalue weighted by Gasteiger charge is -2.20. The maximum atomic E-state index is 12.3. The Bertz CT molecular complexity index is 644. The molecule has 2 aromatic carbocycles. The zero-order chi connectivity index (χ0) is 17.4. The lowest BCUT2D eigenvalue weighted by molar-refractivity contribution is 0.207. The molecule has 0 unspecified atom stereocenters. The first-order valence-electron chi connectivity index (χ1n) is 8.02. The number of ether oxygens (including phenoxy) is 2. The van der Waals surface area contributed by atoms with Crippen LogP contribution in [0.3, 0.4) is 0 Å². The highest BCUT2D eigenvalue weighted by Gasteiger charge is 2.12. The van der Waals surface area contributed by atoms with Crippen LogP contribution in [0.5, 0.6) is 11.5 Å². The van der Waals surface area contributed by atoms with Crippen molar-refractivity contribution in [3.63, 3.8) is 0 Å². The molecule has 0 aliphatic rings. The molecule has 0 spiro atoms. The van der Waals surface area contributed by atoms with E-state index in [4.69, 9.17) is 9.47 Å². The van der Waals surface area contributed by atoms with Crippen LogP contribution in [0.15, 0.2) is 54.6 Å². The minimum absolute atomic E-state index is 0.0417. The van der Waals surface area contributed by atoms with E-state index in [0.29, 0.717) is 24.6 Å². The standard InChI is InChI=1S/C19H24N2O3/c1-15(2)24-18-12-8-7-11-17(18)20-19(22)21(3)13-14-23-16-9-5-4-6-10-16/h4-12,15H,13-14H2,1-3H3,(H,20,22). The summed E-state index contributed by atoms with van der Waals surface area (Å²) >= 11 is 0. The number of carbonyl (C=O) groups excluding carboxylic acids is 1. The first-order chi connectivity index (χ1) is 11.6. The predicted molar refractivity (Wildman–Crippen MR) is 95.8 cm³/mol. The number of likely N-dealkylation sites (N-methyl/N-ethyl adjacent to an activating group) is 1. The van der Waals surface area contributed by atoms with Crippen LogP contribution >= 0.6 is 0 Å². The Morgan fingerprint density at radius 2 is 1.75 bits per heavy atom. The second-order valence-electron chi connectivity index (χ2n) is 5.68. The SMILES string of the molecule is CC(C)Oc1ccccc1NC(=O)N(C)CCOc1ccccc1. The van der Waals surface area contributed by atoms with Gasteiger partial charge in [-0.25, -0.2) is 4.79 Å². The summed E-state index contributed by atoms with van der Waals surface area (Å²) in [6.07, 6.45) is 0.0417. The van der Waals surface area contributed by atoms with Crippen molar-refractivity contribution in [3.05, 3.63) is 54.6 Å². The first-order valence-corrected chi connectivity index (χ1v) is 8.02. The van der Waals surface area contributed by atoms with Gasteiger partial charge in [0.05, 0.1) is 18.3 Å². The molecule has 128 valence electrons. The molecule has 0 heterocycles. The number of anilines is 1. The molecule has 0 atom stereocenters. The van der Waals surface area contributed by atoms with Gasteiger partial charge in [0.25, 0.3) is 0 Å². The number of hydrogen-bond acceptors (Lipinski definition) is 3. The van der Waals surface area contributed by atoms with Crippen LogP contribution in [0.25, 0.3) is 0 Å². The average Bonchev–Trinajstić information content (AvgIpc) is 2.57. The third-order valence-corrected chi connectivity index (χ3v) is 3.28. The van der Waals surface area contributed by atoms with Crippen LogP contribution in [-0.2, 0) is 0 Å². The molecule has 0 radical (unpaired) electrons. The number of nitrogens with zero attached hydrogens (tertiary/aromatic N) is 1. The summed E-state index contributed by atoms with van der Waals surface area (Å²) in [5.41, 5.74) is 0.659. The number of hydrogen-bond donors (Lipinski definition) is 1. The van der Waals surface area contributed by atoms with Crippen molar-refractivity contribution < 1.29 is 14.3 Å². The maximum absolute atomic E-state index is 12.3. The molecule has 24 heavy (non-hydrogen) atoms. The fraction of sp³-hybridized carbons (Fsp3) is 0.316. The van der Waals surface area contributed by atoms with E-state index in [9.17, 15) is 4.79 Å². The molecule has 0 aromatic heterocycles. The molecule has 5 heteroatoms. The highest BCUT2D eigenvalue weighted by Crippen LogP contribution is 2.25. The third-order valence-electron chi connectivity index (χ3n) is 3.28. The Morgan fingerprint density at radius 3 is 2.46 bits per heavy atom. The summed E-state index contributed by atoms with van der Waals surface area (Å²) in [4.78, 5) is 13.9. The molecule has 0 saturated carbocycles. The number of benzene rings is 2. The van der Waals surface area contributed by atoms with Crippen LogP contribution in [0.2, 0.25) is 0 Å². The van der Waals surface area contributed by atoms with E-state index in [-0.39, 0.29) is 12.1 Å². The minimum Gasteiger partial charge on any atom is -0.492 e. The van der Waals surface area contributed by atoms with Gasteiger partial charge in [-0.2, -0.15) is 0 Å². The number of nitrogens with one attached hydrogen (secondary N) is 1. The van der Waals surface area contributed by atoms with Gasteiger partial charge in [-0.1, -0.05) is 30.3 Å². The molecule has 0 bridgehead atoms. The Morgan fingerprint density at radius 1 is 1.08 bits per heavy atom. The number of carbonyl (C=O) groups is 1. The quantitative estimate of drug-likeness (QED) is 0.835. The van der Waals surface area contributed by atoms with Gasteiger partial charge in [-0.05, 0) is 38.1 Å². The van der Waals surface area contributed by atoms with Gasteiger partial charge in [-0.15, -0.1) is 0 Å². The molecule has 2 rings (SSSR count). The van der Waals surface area contributed by atoms with Crippen molar-refractivity contribution >= 4 is 11.7 Å². The summed E-state index contributed by atoms with van der Waals surface area (Å²) in [6, 6.07) is 16.7. The van der Waals surface area contributed by atoms with E-state index in [1.807, 2.05) is 68.4 Å². The van der Waals surface area contributed by atoms with Crippen molar-refractivity contribution in [1.82, 2.24) is 4.90 Å². The molecule has 1 N–H and O–H groups in total. The second-order valence-corrected chi connectivity index (χ2v) is 5.68. The second kappa shape index (κ2) is 8.82. The molecule has 0 aliphatic heterocycles. The third kappa shape index (κ3) is 5.50. The number of para-hydroxylation sites is 3. The molecule has 0 saturated heterocycles. The number of urea groups is 1. The molecule has 2 amide bonds. The summed E-state index contributed by atoms with van der Waals surface area (Å²) in [7, 11) is 1.73. The maximum Gasteiger partial charge on any atom is 0.321 e. The minimum atomic E-state index is -0.202. The van der Waals surface area contributed by atoms with Crippen molar-refractivity contribution in [2.24, 2.45) is 0 Å². The molecule has 5 nitrogen and oxygen atoms in total. The van der Waals surface area contributed by atoms with E-state index in [2.05, 4.69) is 5.32 Å². The van der Waals surface area contributed by atoms with Gasteiger partial charge >= 0.3 is 6.03 Å². The fourth-order valence-electron chi connectivity index (χ4n) is 2.06. The summed E-state index contributed by atoms with van der Waals surface area (Å²) in [5, 5.41) is 2.87. The normalized spacial score (nSPS) is 10.3. The van der Waals surface area contributed by atoms with Gasteiger partial charge < -0.3 is 19.7 Å². The Labute approximate surface area is 143 Å². The molecule has 0 aliphatic carbocycles. The van der Waals surface area contributed by atoms with Crippen LogP contribution in [0.4, 0.5) is 10.5 Å². The van der Waals surface area contributed by atoms with Crippen molar-refractivity contribution in [1.29, 1.82) is 0 Å². The van der Waals surface area contributed by atoms with E-state index in [1.165, 1.54) is 0 Å². The van der Waals surface area contributed by atoms with E-state index in [1.54, 1.807) is 11.9 Å². The number of amides is 2. The van der Waals surface area contributed by atoms with Crippen molar-refractivity contribution in [2.75, 3.05) is 25.5 Å². The molecular weight excluding hydrogens is 304 g/mol. The van der Waals surface area contributed by atoms with E-state index < -0.39 is 0 Å². The van der Waals surface area contributed by atoms with Crippen LogP contribution in [0, 0.1) is 0 Å². The van der Waals surface area contributed by atoms with Crippen LogP contribution in [-0.4, -0.2) is 37.2 Å². The Balaban J connectivity index is 1.85.